The van der Waals surface area contributed by atoms with Crippen molar-refractivity contribution in [3.05, 3.63) is 35.5 Å². The van der Waals surface area contributed by atoms with Crippen LogP contribution in [0.2, 0.25) is 0 Å². The van der Waals surface area contributed by atoms with Gasteiger partial charge in [0.05, 0.1) is 0 Å². The van der Waals surface area contributed by atoms with Gasteiger partial charge in [0, 0.05) is 22.6 Å². The normalized spacial score (nSPS) is 18.2. The number of hydrogen-bond donors (Lipinski definition) is 2. The molecule has 0 bridgehead atoms. The average Bonchev–Trinajstić information content (AvgIpc) is 2.75. The van der Waals surface area contributed by atoms with E-state index in [0.717, 1.165) is 0 Å². The zero-order chi connectivity index (χ0) is 12.5. The lowest BCUT2D eigenvalue weighted by molar-refractivity contribution is 0.308. The molecule has 1 saturated carbocycles. The number of rotatable bonds is 2. The summed E-state index contributed by atoms with van der Waals surface area (Å²) < 4.78 is 0. The molecule has 104 valence electrons. The minimum atomic E-state index is 0. The highest BCUT2D eigenvalue weighted by molar-refractivity contribution is 5.85. The van der Waals surface area contributed by atoms with E-state index < -0.39 is 0 Å². The van der Waals surface area contributed by atoms with Crippen molar-refractivity contribution in [2.24, 2.45) is 11.7 Å². The number of hydrogen-bond acceptors (Lipinski definition) is 1. The van der Waals surface area contributed by atoms with Crippen molar-refractivity contribution in [1.82, 2.24) is 4.98 Å². The molecule has 0 spiro atoms. The Labute approximate surface area is 121 Å². The first-order valence-electron chi connectivity index (χ1n) is 7.10. The Morgan fingerprint density at radius 2 is 1.84 bits per heavy atom. The second-order valence-corrected chi connectivity index (χ2v) is 5.63. The van der Waals surface area contributed by atoms with Crippen LogP contribution in [0.25, 0.3) is 10.9 Å². The summed E-state index contributed by atoms with van der Waals surface area (Å²) in [5, 5.41) is 1.31. The lowest BCUT2D eigenvalue weighted by Gasteiger charge is -2.28. The van der Waals surface area contributed by atoms with Crippen LogP contribution in [-0.4, -0.2) is 4.98 Å². The molecule has 0 saturated heterocycles. The van der Waals surface area contributed by atoms with E-state index in [1.54, 1.807) is 0 Å². The highest BCUT2D eigenvalue weighted by atomic mass is 35.5. The first-order chi connectivity index (χ1) is 8.77. The molecule has 3 heteroatoms. The lowest BCUT2D eigenvalue weighted by atomic mass is 9.81. The van der Waals surface area contributed by atoms with Gasteiger partial charge < -0.3 is 10.7 Å². The number of halogens is 1. The fourth-order valence-corrected chi connectivity index (χ4v) is 3.46. The van der Waals surface area contributed by atoms with Crippen LogP contribution in [0.1, 0.15) is 49.4 Å². The summed E-state index contributed by atoms with van der Waals surface area (Å²) in [6, 6.07) is 8.71. The molecule has 1 atom stereocenters. The zero-order valence-corrected chi connectivity index (χ0v) is 12.3. The van der Waals surface area contributed by atoms with Crippen molar-refractivity contribution in [2.75, 3.05) is 0 Å². The van der Waals surface area contributed by atoms with Crippen LogP contribution in [0.3, 0.4) is 0 Å². The number of H-pyrrole nitrogens is 1. The lowest BCUT2D eigenvalue weighted by Crippen LogP contribution is -2.24. The minimum absolute atomic E-state index is 0. The Hall–Kier alpha value is -0.990. The summed E-state index contributed by atoms with van der Waals surface area (Å²) in [6.45, 7) is 2.15. The number of aromatic amines is 1. The maximum absolute atomic E-state index is 6.56. The summed E-state index contributed by atoms with van der Waals surface area (Å²) in [5.41, 5.74) is 10.4. The van der Waals surface area contributed by atoms with Crippen LogP contribution in [0, 0.1) is 12.8 Å². The van der Waals surface area contributed by atoms with Gasteiger partial charge in [0.1, 0.15) is 0 Å². The third-order valence-corrected chi connectivity index (χ3v) is 4.43. The number of nitrogens with one attached hydrogen (secondary N) is 1. The maximum atomic E-state index is 6.56. The second kappa shape index (κ2) is 5.98. The van der Waals surface area contributed by atoms with Gasteiger partial charge in [0.15, 0.2) is 0 Å². The molecular weight excluding hydrogens is 256 g/mol. The molecule has 2 nitrogen and oxygen atoms in total. The average molecular weight is 279 g/mol. The van der Waals surface area contributed by atoms with E-state index in [2.05, 4.69) is 36.2 Å². The standard InChI is InChI=1S/C16H22N2.ClH/c1-11-15(13-9-5-6-10-14(13)18-11)16(17)12-7-3-2-4-8-12;/h5-6,9-10,12,16,18H,2-4,7-8,17H2,1H3;1H/t16-;/m0./s1. The molecule has 0 radical (unpaired) electrons. The van der Waals surface area contributed by atoms with Gasteiger partial charge in [-0.2, -0.15) is 0 Å². The van der Waals surface area contributed by atoms with Gasteiger partial charge in [0.2, 0.25) is 0 Å². The molecule has 1 heterocycles. The highest BCUT2D eigenvalue weighted by Gasteiger charge is 2.25. The topological polar surface area (TPSA) is 41.8 Å². The van der Waals surface area contributed by atoms with Crippen LogP contribution in [0.5, 0.6) is 0 Å². The molecule has 1 aliphatic rings. The van der Waals surface area contributed by atoms with Crippen molar-refractivity contribution in [3.8, 4) is 0 Å². The third kappa shape index (κ3) is 2.65. The molecular formula is C16H23ClN2. The van der Waals surface area contributed by atoms with Crippen LogP contribution in [0.4, 0.5) is 0 Å². The Morgan fingerprint density at radius 1 is 1.16 bits per heavy atom. The van der Waals surface area contributed by atoms with Crippen LogP contribution in [0.15, 0.2) is 24.3 Å². The summed E-state index contributed by atoms with van der Waals surface area (Å²) in [7, 11) is 0. The number of fused-ring (bicyclic) bond motifs is 1. The summed E-state index contributed by atoms with van der Waals surface area (Å²) >= 11 is 0. The van der Waals surface area contributed by atoms with E-state index >= 15 is 0 Å². The number of aromatic nitrogens is 1. The number of aryl methyl sites for hydroxylation is 1. The third-order valence-electron chi connectivity index (χ3n) is 4.43. The van der Waals surface area contributed by atoms with Crippen LogP contribution < -0.4 is 5.73 Å². The molecule has 1 aliphatic carbocycles. The summed E-state index contributed by atoms with van der Waals surface area (Å²) in [6.07, 6.45) is 6.66. The van der Waals surface area contributed by atoms with Crippen molar-refractivity contribution in [1.29, 1.82) is 0 Å². The van der Waals surface area contributed by atoms with Gasteiger partial charge in [-0.05, 0) is 37.3 Å². The van der Waals surface area contributed by atoms with Gasteiger partial charge >= 0.3 is 0 Å². The van der Waals surface area contributed by atoms with Gasteiger partial charge in [-0.1, -0.05) is 37.5 Å². The van der Waals surface area contributed by atoms with E-state index in [4.69, 9.17) is 5.73 Å². The van der Waals surface area contributed by atoms with E-state index in [1.807, 2.05) is 0 Å². The van der Waals surface area contributed by atoms with Crippen LogP contribution >= 0.6 is 12.4 Å². The minimum Gasteiger partial charge on any atom is -0.358 e. The van der Waals surface area contributed by atoms with Crippen molar-refractivity contribution in [2.45, 2.75) is 45.1 Å². The number of para-hydroxylation sites is 1. The monoisotopic (exact) mass is 278 g/mol. The smallest absolute Gasteiger partial charge is 0.0459 e. The Bertz CT molecular complexity index is 541. The first-order valence-corrected chi connectivity index (χ1v) is 7.10. The fourth-order valence-electron chi connectivity index (χ4n) is 3.46. The maximum Gasteiger partial charge on any atom is 0.0459 e. The molecule has 3 N–H and O–H groups in total. The molecule has 3 rings (SSSR count). The molecule has 1 aromatic carbocycles. The van der Waals surface area contributed by atoms with Gasteiger partial charge in [-0.25, -0.2) is 0 Å². The molecule has 0 aliphatic heterocycles. The Balaban J connectivity index is 0.00000133. The van der Waals surface area contributed by atoms with E-state index in [-0.39, 0.29) is 18.4 Å². The van der Waals surface area contributed by atoms with Crippen LogP contribution in [-0.2, 0) is 0 Å². The first kappa shape index (κ1) is 14.4. The predicted octanol–water partition coefficient (Wildman–Crippen LogP) is 4.48. The molecule has 0 amide bonds. The zero-order valence-electron chi connectivity index (χ0n) is 11.5. The molecule has 0 unspecified atom stereocenters. The fraction of sp³-hybridized carbons (Fsp3) is 0.500. The SMILES string of the molecule is Cc1[nH]c2ccccc2c1[C@@H](N)C1CCCCC1.Cl. The molecule has 1 aromatic heterocycles. The van der Waals surface area contributed by atoms with Crippen molar-refractivity contribution >= 4 is 23.3 Å². The van der Waals surface area contributed by atoms with Gasteiger partial charge in [-0.3, -0.25) is 0 Å². The van der Waals surface area contributed by atoms with Crippen molar-refractivity contribution < 1.29 is 0 Å². The second-order valence-electron chi connectivity index (χ2n) is 5.63. The molecule has 2 aromatic rings. The Morgan fingerprint density at radius 3 is 2.58 bits per heavy atom. The highest BCUT2D eigenvalue weighted by Crippen LogP contribution is 2.37. The molecule has 19 heavy (non-hydrogen) atoms. The number of benzene rings is 1. The summed E-state index contributed by atoms with van der Waals surface area (Å²) in [5.74, 6) is 0.664. The van der Waals surface area contributed by atoms with Gasteiger partial charge in [0.25, 0.3) is 0 Å². The molecule has 1 fully saturated rings. The largest absolute Gasteiger partial charge is 0.358 e. The van der Waals surface area contributed by atoms with Crippen molar-refractivity contribution in [3.63, 3.8) is 0 Å². The van der Waals surface area contributed by atoms with E-state index in [9.17, 15) is 0 Å². The van der Waals surface area contributed by atoms with E-state index in [1.165, 1.54) is 54.3 Å². The number of nitrogens with two attached hydrogens (primary N) is 1. The van der Waals surface area contributed by atoms with E-state index in [0.29, 0.717) is 5.92 Å². The van der Waals surface area contributed by atoms with Gasteiger partial charge in [-0.15, -0.1) is 12.4 Å². The summed E-state index contributed by atoms with van der Waals surface area (Å²) in [4.78, 5) is 3.47. The Kier molecular flexibility index (Phi) is 4.54. The predicted molar refractivity (Wildman–Crippen MR) is 83.8 cm³/mol. The quantitative estimate of drug-likeness (QED) is 0.836.